The summed E-state index contributed by atoms with van der Waals surface area (Å²) in [5.41, 5.74) is 4.88. The largest absolute Gasteiger partial charge is 0.385 e. The maximum Gasteiger partial charge on any atom is 0.0726 e. The van der Waals surface area contributed by atoms with Crippen LogP contribution in [0.15, 0.2) is 24.3 Å². The summed E-state index contributed by atoms with van der Waals surface area (Å²) in [6.07, 6.45) is 2.18. The van der Waals surface area contributed by atoms with E-state index in [0.29, 0.717) is 5.92 Å². The van der Waals surface area contributed by atoms with Crippen molar-refractivity contribution in [2.45, 2.75) is 46.5 Å². The molecule has 2 heteroatoms. The van der Waals surface area contributed by atoms with Gasteiger partial charge in [0, 0.05) is 23.3 Å². The predicted molar refractivity (Wildman–Crippen MR) is 84.0 cm³/mol. The van der Waals surface area contributed by atoms with Gasteiger partial charge in [0.25, 0.3) is 0 Å². The Morgan fingerprint density at radius 3 is 2.58 bits per heavy atom. The third-order valence-corrected chi connectivity index (χ3v) is 3.43. The number of pyridine rings is 1. The number of anilines is 1. The molecule has 2 rings (SSSR count). The van der Waals surface area contributed by atoms with Crippen molar-refractivity contribution >= 4 is 16.6 Å². The van der Waals surface area contributed by atoms with E-state index in [4.69, 9.17) is 4.98 Å². The molecule has 1 aromatic carbocycles. The second kappa shape index (κ2) is 6.05. The molecule has 0 amide bonds. The molecule has 0 aliphatic carbocycles. The van der Waals surface area contributed by atoms with Crippen LogP contribution in [0.4, 0.5) is 5.69 Å². The minimum Gasteiger partial charge on any atom is -0.385 e. The van der Waals surface area contributed by atoms with Crippen molar-refractivity contribution < 1.29 is 0 Å². The highest BCUT2D eigenvalue weighted by Crippen LogP contribution is 2.27. The van der Waals surface area contributed by atoms with Gasteiger partial charge >= 0.3 is 0 Å². The van der Waals surface area contributed by atoms with Gasteiger partial charge in [0.2, 0.25) is 0 Å². The number of nitrogens with zero attached hydrogens (tertiary/aromatic N) is 1. The predicted octanol–water partition coefficient (Wildman–Crippen LogP) is 4.74. The van der Waals surface area contributed by atoms with Crippen LogP contribution in [0.3, 0.4) is 0 Å². The molecule has 1 N–H and O–H groups in total. The zero-order valence-corrected chi connectivity index (χ0v) is 12.5. The van der Waals surface area contributed by atoms with Crippen LogP contribution in [-0.4, -0.2) is 11.5 Å². The lowest BCUT2D eigenvalue weighted by atomic mass is 10.00. The fourth-order valence-corrected chi connectivity index (χ4v) is 2.38. The number of aromatic nitrogens is 1. The molecule has 0 spiro atoms. The summed E-state index contributed by atoms with van der Waals surface area (Å²) in [6.45, 7) is 9.73. The van der Waals surface area contributed by atoms with E-state index < -0.39 is 0 Å². The molecular formula is C17H24N2. The lowest BCUT2D eigenvalue weighted by Gasteiger charge is -2.13. The number of hydrogen-bond acceptors (Lipinski definition) is 2. The second-order valence-electron chi connectivity index (χ2n) is 5.37. The average Bonchev–Trinajstić information content (AvgIpc) is 2.39. The van der Waals surface area contributed by atoms with Gasteiger partial charge in [-0.25, -0.2) is 0 Å². The molecule has 1 heterocycles. The Bertz CT molecular complexity index is 558. The van der Waals surface area contributed by atoms with E-state index in [1.54, 1.807) is 0 Å². The van der Waals surface area contributed by atoms with E-state index in [0.717, 1.165) is 24.9 Å². The third-order valence-electron chi connectivity index (χ3n) is 3.43. The summed E-state index contributed by atoms with van der Waals surface area (Å²) in [5, 5.41) is 4.72. The number of nitrogens with one attached hydrogen (secondary N) is 1. The van der Waals surface area contributed by atoms with Gasteiger partial charge in [-0.15, -0.1) is 0 Å². The molecule has 0 saturated carbocycles. The molecule has 0 aliphatic rings. The van der Waals surface area contributed by atoms with Gasteiger partial charge in [-0.2, -0.15) is 0 Å². The molecule has 0 radical (unpaired) electrons. The molecule has 0 atom stereocenters. The minimum absolute atomic E-state index is 0.550. The van der Waals surface area contributed by atoms with Gasteiger partial charge in [0.15, 0.2) is 0 Å². The second-order valence-corrected chi connectivity index (χ2v) is 5.37. The quantitative estimate of drug-likeness (QED) is 0.835. The fourth-order valence-electron chi connectivity index (χ4n) is 2.38. The molecule has 2 aromatic rings. The Balaban J connectivity index is 2.57. The van der Waals surface area contributed by atoms with E-state index in [1.807, 2.05) is 0 Å². The first kappa shape index (κ1) is 13.9. The monoisotopic (exact) mass is 256 g/mol. The summed E-state index contributed by atoms with van der Waals surface area (Å²) in [4.78, 5) is 4.77. The number of fused-ring (bicyclic) bond motifs is 1. The van der Waals surface area contributed by atoms with Crippen molar-refractivity contribution in [3.8, 4) is 0 Å². The van der Waals surface area contributed by atoms with Crippen molar-refractivity contribution in [3.63, 3.8) is 0 Å². The Kier molecular flexibility index (Phi) is 4.41. The van der Waals surface area contributed by atoms with Gasteiger partial charge in [-0.1, -0.05) is 33.3 Å². The number of benzene rings is 1. The molecule has 102 valence electrons. The number of aryl methyl sites for hydroxylation is 1. The zero-order valence-electron chi connectivity index (χ0n) is 12.5. The van der Waals surface area contributed by atoms with Crippen LogP contribution in [0, 0.1) is 0 Å². The molecule has 0 saturated heterocycles. The van der Waals surface area contributed by atoms with Gasteiger partial charge in [-0.3, -0.25) is 4.98 Å². The summed E-state index contributed by atoms with van der Waals surface area (Å²) in [5.74, 6) is 0.550. The molecular weight excluding hydrogens is 232 g/mol. The van der Waals surface area contributed by atoms with E-state index in [-0.39, 0.29) is 0 Å². The van der Waals surface area contributed by atoms with Gasteiger partial charge in [-0.05, 0) is 43.0 Å². The van der Waals surface area contributed by atoms with Crippen molar-refractivity contribution in [2.75, 3.05) is 11.9 Å². The van der Waals surface area contributed by atoms with Crippen molar-refractivity contribution in [1.29, 1.82) is 0 Å². The van der Waals surface area contributed by atoms with Crippen LogP contribution in [0.25, 0.3) is 10.9 Å². The number of hydrogen-bond donors (Lipinski definition) is 1. The van der Waals surface area contributed by atoms with Gasteiger partial charge in [0.1, 0.15) is 0 Å². The van der Waals surface area contributed by atoms with Crippen molar-refractivity contribution in [3.05, 3.63) is 35.5 Å². The lowest BCUT2D eigenvalue weighted by molar-refractivity contribution is 0.867. The van der Waals surface area contributed by atoms with Crippen molar-refractivity contribution in [1.82, 2.24) is 4.98 Å². The van der Waals surface area contributed by atoms with Gasteiger partial charge in [0.05, 0.1) is 5.52 Å². The molecule has 2 nitrogen and oxygen atoms in total. The topological polar surface area (TPSA) is 24.9 Å². The van der Waals surface area contributed by atoms with Gasteiger partial charge < -0.3 is 5.32 Å². The Morgan fingerprint density at radius 2 is 1.95 bits per heavy atom. The van der Waals surface area contributed by atoms with Crippen LogP contribution < -0.4 is 5.32 Å². The lowest BCUT2D eigenvalue weighted by Crippen LogP contribution is -2.01. The van der Waals surface area contributed by atoms with Crippen LogP contribution in [0.2, 0.25) is 0 Å². The maximum atomic E-state index is 4.77. The Morgan fingerprint density at radius 1 is 1.16 bits per heavy atom. The van der Waals surface area contributed by atoms with E-state index in [9.17, 15) is 0 Å². The van der Waals surface area contributed by atoms with E-state index in [2.05, 4.69) is 57.3 Å². The first-order valence-corrected chi connectivity index (χ1v) is 7.33. The van der Waals surface area contributed by atoms with Crippen molar-refractivity contribution in [2.24, 2.45) is 0 Å². The standard InChI is InChI=1S/C17H24N2/c1-5-7-14-11-17(18-6-2)15-10-13(12(3)4)8-9-16(15)19-14/h8-12H,5-7H2,1-4H3,(H,18,19). The summed E-state index contributed by atoms with van der Waals surface area (Å²) in [6, 6.07) is 8.84. The highest BCUT2D eigenvalue weighted by Gasteiger charge is 2.07. The summed E-state index contributed by atoms with van der Waals surface area (Å²) in [7, 11) is 0. The summed E-state index contributed by atoms with van der Waals surface area (Å²) >= 11 is 0. The molecule has 0 aliphatic heterocycles. The third kappa shape index (κ3) is 3.06. The van der Waals surface area contributed by atoms with E-state index >= 15 is 0 Å². The van der Waals surface area contributed by atoms with Crippen LogP contribution >= 0.6 is 0 Å². The Hall–Kier alpha value is -1.57. The first-order chi connectivity index (χ1) is 9.15. The summed E-state index contributed by atoms with van der Waals surface area (Å²) < 4.78 is 0. The fraction of sp³-hybridized carbons (Fsp3) is 0.471. The van der Waals surface area contributed by atoms with Crippen LogP contribution in [0.1, 0.15) is 51.3 Å². The maximum absolute atomic E-state index is 4.77. The van der Waals surface area contributed by atoms with Crippen LogP contribution in [0.5, 0.6) is 0 Å². The smallest absolute Gasteiger partial charge is 0.0726 e. The van der Waals surface area contributed by atoms with Crippen LogP contribution in [-0.2, 0) is 6.42 Å². The van der Waals surface area contributed by atoms with E-state index in [1.165, 1.54) is 22.3 Å². The normalized spacial score (nSPS) is 11.2. The molecule has 0 bridgehead atoms. The highest BCUT2D eigenvalue weighted by atomic mass is 14.9. The SMILES string of the molecule is CCCc1cc(NCC)c2cc(C(C)C)ccc2n1. The highest BCUT2D eigenvalue weighted by molar-refractivity contribution is 5.92. The molecule has 1 aromatic heterocycles. The average molecular weight is 256 g/mol. The zero-order chi connectivity index (χ0) is 13.8. The molecule has 19 heavy (non-hydrogen) atoms. The first-order valence-electron chi connectivity index (χ1n) is 7.33. The Labute approximate surface area is 116 Å². The minimum atomic E-state index is 0.550. The molecule has 0 fully saturated rings. The molecule has 0 unspecified atom stereocenters. The number of rotatable bonds is 5.